The van der Waals surface area contributed by atoms with E-state index in [-0.39, 0.29) is 35.3 Å². The second-order valence-electron chi connectivity index (χ2n) is 8.87. The van der Waals surface area contributed by atoms with Crippen LogP contribution in [0.25, 0.3) is 0 Å². The molecule has 11 heteroatoms. The van der Waals surface area contributed by atoms with Gasteiger partial charge in [0.05, 0.1) is 17.8 Å². The number of halogens is 1. The Morgan fingerprint density at radius 1 is 1.14 bits per heavy atom. The second-order valence-corrected chi connectivity index (χ2v) is 10.3. The molecule has 2 aromatic heterocycles. The summed E-state index contributed by atoms with van der Waals surface area (Å²) in [5.74, 6) is 0.240. The van der Waals surface area contributed by atoms with E-state index in [9.17, 15) is 14.4 Å². The summed E-state index contributed by atoms with van der Waals surface area (Å²) in [7, 11) is 0. The molecule has 1 aliphatic rings. The first-order valence-electron chi connectivity index (χ1n) is 12.1. The number of furan rings is 1. The van der Waals surface area contributed by atoms with Gasteiger partial charge in [0.2, 0.25) is 11.8 Å². The van der Waals surface area contributed by atoms with Crippen molar-refractivity contribution < 1.29 is 23.3 Å². The van der Waals surface area contributed by atoms with Crippen molar-refractivity contribution in [3.63, 3.8) is 0 Å². The van der Waals surface area contributed by atoms with Crippen LogP contribution in [0.4, 0.5) is 11.5 Å². The summed E-state index contributed by atoms with van der Waals surface area (Å²) in [5, 5.41) is 9.99. The largest absolute Gasteiger partial charge is 0.467 e. The van der Waals surface area contributed by atoms with Crippen molar-refractivity contribution in [2.45, 2.75) is 51.1 Å². The molecule has 0 unspecified atom stereocenters. The Labute approximate surface area is 224 Å². The highest BCUT2D eigenvalue weighted by atomic mass is 35.5. The van der Waals surface area contributed by atoms with Gasteiger partial charge in [0.15, 0.2) is 11.9 Å². The van der Waals surface area contributed by atoms with Gasteiger partial charge < -0.3 is 19.6 Å². The molecule has 0 aliphatic heterocycles. The van der Waals surface area contributed by atoms with E-state index in [1.165, 1.54) is 11.2 Å². The molecular formula is C26H29ClN4O5S. The van der Waals surface area contributed by atoms with Crippen LogP contribution in [0.15, 0.2) is 57.7 Å². The molecule has 1 atom stereocenters. The molecule has 1 aliphatic carbocycles. The third-order valence-corrected chi connectivity index (χ3v) is 7.17. The zero-order valence-corrected chi connectivity index (χ0v) is 22.0. The van der Waals surface area contributed by atoms with Crippen LogP contribution in [-0.4, -0.2) is 40.4 Å². The highest BCUT2D eigenvalue weighted by Gasteiger charge is 2.36. The lowest BCUT2D eigenvalue weighted by Crippen LogP contribution is -2.47. The summed E-state index contributed by atoms with van der Waals surface area (Å²) in [6.07, 6.45) is 6.56. The highest BCUT2D eigenvalue weighted by Crippen LogP contribution is 2.31. The number of aryl methyl sites for hydroxylation is 1. The molecule has 3 amide bonds. The molecule has 196 valence electrons. The smallest absolute Gasteiger partial charge is 0.251 e. The van der Waals surface area contributed by atoms with Gasteiger partial charge in [-0.3, -0.25) is 19.3 Å². The highest BCUT2D eigenvalue weighted by molar-refractivity contribution is 8.00. The SMILES string of the molecule is Cc1cc(NC(=O)CSCC(=O)N(c2ccc(Cl)cc2)[C@@H](C(=O)NC2CCCCC2)c2ccco2)no1. The second kappa shape index (κ2) is 12.8. The van der Waals surface area contributed by atoms with Crippen LogP contribution in [0.3, 0.4) is 0 Å². The minimum Gasteiger partial charge on any atom is -0.467 e. The van der Waals surface area contributed by atoms with Crippen LogP contribution in [-0.2, 0) is 14.4 Å². The maximum Gasteiger partial charge on any atom is 0.251 e. The zero-order valence-electron chi connectivity index (χ0n) is 20.4. The molecule has 0 bridgehead atoms. The van der Waals surface area contributed by atoms with Gasteiger partial charge in [-0.05, 0) is 56.2 Å². The van der Waals surface area contributed by atoms with E-state index in [2.05, 4.69) is 15.8 Å². The van der Waals surface area contributed by atoms with Gasteiger partial charge in [-0.25, -0.2) is 0 Å². The fourth-order valence-electron chi connectivity index (χ4n) is 4.29. The molecule has 4 rings (SSSR count). The molecule has 3 aromatic rings. The number of aromatic nitrogens is 1. The first-order valence-corrected chi connectivity index (χ1v) is 13.7. The molecule has 2 N–H and O–H groups in total. The number of thioether (sulfide) groups is 1. The van der Waals surface area contributed by atoms with Crippen molar-refractivity contribution in [2.24, 2.45) is 0 Å². The lowest BCUT2D eigenvalue weighted by atomic mass is 9.95. The lowest BCUT2D eigenvalue weighted by Gasteiger charge is -2.32. The number of carbonyl (C=O) groups excluding carboxylic acids is 3. The molecule has 9 nitrogen and oxygen atoms in total. The van der Waals surface area contributed by atoms with Crippen LogP contribution < -0.4 is 15.5 Å². The number of anilines is 2. The molecule has 37 heavy (non-hydrogen) atoms. The van der Waals surface area contributed by atoms with E-state index in [4.69, 9.17) is 20.5 Å². The third kappa shape index (κ3) is 7.39. The van der Waals surface area contributed by atoms with Crippen LogP contribution in [0, 0.1) is 6.92 Å². The summed E-state index contributed by atoms with van der Waals surface area (Å²) < 4.78 is 10.6. The number of carbonyl (C=O) groups is 3. The molecule has 1 fully saturated rings. The monoisotopic (exact) mass is 544 g/mol. The van der Waals surface area contributed by atoms with Gasteiger partial charge in [-0.2, -0.15) is 0 Å². The average Bonchev–Trinajstić information content (AvgIpc) is 3.55. The number of hydrogen-bond acceptors (Lipinski definition) is 7. The maximum atomic E-state index is 13.6. The standard InChI is InChI=1S/C26H29ClN4O5S/c1-17-14-22(30-36-17)29-23(32)15-37-16-24(33)31(20-11-9-18(27)10-12-20)25(21-8-5-13-35-21)26(34)28-19-6-3-2-4-7-19/h5,8-14,19,25H,2-4,6-7,15-16H2,1H3,(H,28,34)(H,29,30,32)/t25-/m1/s1. The Morgan fingerprint density at radius 2 is 1.89 bits per heavy atom. The molecule has 2 heterocycles. The van der Waals surface area contributed by atoms with E-state index in [1.54, 1.807) is 49.4 Å². The molecule has 0 saturated heterocycles. The zero-order chi connectivity index (χ0) is 26.2. The Bertz CT molecular complexity index is 1190. The van der Waals surface area contributed by atoms with Crippen LogP contribution >= 0.6 is 23.4 Å². The molecule has 1 aromatic carbocycles. The predicted octanol–water partition coefficient (Wildman–Crippen LogP) is 5.12. The van der Waals surface area contributed by atoms with Gasteiger partial charge in [0.1, 0.15) is 11.5 Å². The van der Waals surface area contributed by atoms with E-state index >= 15 is 0 Å². The molecule has 0 radical (unpaired) electrons. The minimum atomic E-state index is -1.02. The minimum absolute atomic E-state index is 0.0196. The van der Waals surface area contributed by atoms with Crippen LogP contribution in [0.1, 0.15) is 49.7 Å². The quantitative estimate of drug-likeness (QED) is 0.363. The average molecular weight is 545 g/mol. The van der Waals surface area contributed by atoms with Crippen molar-refractivity contribution in [3.05, 3.63) is 65.3 Å². The van der Waals surface area contributed by atoms with Crippen molar-refractivity contribution in [3.8, 4) is 0 Å². The molecule has 1 saturated carbocycles. The van der Waals surface area contributed by atoms with Gasteiger partial charge >= 0.3 is 0 Å². The Balaban J connectivity index is 1.51. The predicted molar refractivity (Wildman–Crippen MR) is 143 cm³/mol. The summed E-state index contributed by atoms with van der Waals surface area (Å²) >= 11 is 7.22. The summed E-state index contributed by atoms with van der Waals surface area (Å²) in [5.41, 5.74) is 0.498. The van der Waals surface area contributed by atoms with Gasteiger partial charge in [-0.1, -0.05) is 36.0 Å². The van der Waals surface area contributed by atoms with E-state index < -0.39 is 6.04 Å². The number of hydrogen-bond donors (Lipinski definition) is 2. The van der Waals surface area contributed by atoms with Crippen molar-refractivity contribution in [2.75, 3.05) is 21.7 Å². The summed E-state index contributed by atoms with van der Waals surface area (Å²) in [6, 6.07) is 10.7. The normalized spacial score (nSPS) is 14.6. The van der Waals surface area contributed by atoms with Crippen molar-refractivity contribution in [1.82, 2.24) is 10.5 Å². The van der Waals surface area contributed by atoms with Gasteiger partial charge in [-0.15, -0.1) is 11.8 Å². The van der Waals surface area contributed by atoms with Crippen molar-refractivity contribution in [1.29, 1.82) is 0 Å². The van der Waals surface area contributed by atoms with E-state index in [1.807, 2.05) is 0 Å². The number of benzene rings is 1. The number of rotatable bonds is 10. The van der Waals surface area contributed by atoms with Gasteiger partial charge in [0, 0.05) is 22.8 Å². The first-order chi connectivity index (χ1) is 17.9. The summed E-state index contributed by atoms with van der Waals surface area (Å²) in [6.45, 7) is 1.72. The number of amides is 3. The van der Waals surface area contributed by atoms with Crippen LogP contribution in [0.5, 0.6) is 0 Å². The third-order valence-electron chi connectivity index (χ3n) is 6.00. The summed E-state index contributed by atoms with van der Waals surface area (Å²) in [4.78, 5) is 40.9. The van der Waals surface area contributed by atoms with Gasteiger partial charge in [0.25, 0.3) is 5.91 Å². The van der Waals surface area contributed by atoms with E-state index in [0.29, 0.717) is 28.0 Å². The Hall–Kier alpha value is -3.24. The van der Waals surface area contributed by atoms with E-state index in [0.717, 1.165) is 43.9 Å². The molecular weight excluding hydrogens is 516 g/mol. The fourth-order valence-corrected chi connectivity index (χ4v) is 5.09. The van der Waals surface area contributed by atoms with Crippen LogP contribution in [0.2, 0.25) is 5.02 Å². The topological polar surface area (TPSA) is 118 Å². The first kappa shape index (κ1) is 26.8. The maximum absolute atomic E-state index is 13.6. The fraction of sp³-hybridized carbons (Fsp3) is 0.385. The Morgan fingerprint density at radius 3 is 2.54 bits per heavy atom. The number of nitrogens with zero attached hydrogens (tertiary/aromatic N) is 2. The number of nitrogens with one attached hydrogen (secondary N) is 2. The van der Waals surface area contributed by atoms with Crippen molar-refractivity contribution >= 4 is 52.6 Å². The Kier molecular flexibility index (Phi) is 9.29. The lowest BCUT2D eigenvalue weighted by molar-refractivity contribution is -0.127. The molecule has 0 spiro atoms.